The van der Waals surface area contributed by atoms with Crippen LogP contribution >= 0.6 is 11.8 Å². The summed E-state index contributed by atoms with van der Waals surface area (Å²) in [6, 6.07) is 3.47. The van der Waals surface area contributed by atoms with E-state index in [1.54, 1.807) is 26.2 Å². The number of amidine groups is 1. The van der Waals surface area contributed by atoms with E-state index in [9.17, 15) is 9.18 Å². The molecule has 0 aromatic heterocycles. The van der Waals surface area contributed by atoms with Crippen molar-refractivity contribution in [1.29, 1.82) is 0 Å². The van der Waals surface area contributed by atoms with Crippen LogP contribution in [0, 0.1) is 5.82 Å². The SMILES string of the molecule is CCCN1c2cc(F)c(/C=C3/SC(=NC)N(C)C3=O)cc2C(C)=CC1(C)C. The molecule has 0 radical (unpaired) electrons. The maximum absolute atomic E-state index is 15.0. The van der Waals surface area contributed by atoms with Gasteiger partial charge in [-0.05, 0) is 62.7 Å². The topological polar surface area (TPSA) is 35.9 Å². The van der Waals surface area contributed by atoms with Crippen LogP contribution in [0.25, 0.3) is 11.6 Å². The second-order valence-corrected chi connectivity index (χ2v) is 8.51. The zero-order valence-electron chi connectivity index (χ0n) is 16.8. The Kier molecular flexibility index (Phi) is 5.21. The molecule has 2 aliphatic rings. The van der Waals surface area contributed by atoms with Crippen molar-refractivity contribution in [1.82, 2.24) is 4.90 Å². The van der Waals surface area contributed by atoms with Gasteiger partial charge in [0.25, 0.3) is 5.91 Å². The van der Waals surface area contributed by atoms with E-state index < -0.39 is 0 Å². The fourth-order valence-electron chi connectivity index (χ4n) is 3.75. The van der Waals surface area contributed by atoms with Gasteiger partial charge in [-0.2, -0.15) is 0 Å². The van der Waals surface area contributed by atoms with Gasteiger partial charge in [-0.25, -0.2) is 4.39 Å². The van der Waals surface area contributed by atoms with E-state index in [1.165, 1.54) is 16.7 Å². The van der Waals surface area contributed by atoms with Crippen molar-refractivity contribution in [3.05, 3.63) is 40.1 Å². The molecule has 1 fully saturated rings. The molecule has 1 aromatic carbocycles. The van der Waals surface area contributed by atoms with Gasteiger partial charge in [-0.3, -0.25) is 14.7 Å². The van der Waals surface area contributed by atoms with Crippen molar-refractivity contribution < 1.29 is 9.18 Å². The van der Waals surface area contributed by atoms with Gasteiger partial charge in [0.2, 0.25) is 0 Å². The van der Waals surface area contributed by atoms with Gasteiger partial charge in [-0.1, -0.05) is 13.0 Å². The number of aliphatic imine (C=N–C) groups is 1. The van der Waals surface area contributed by atoms with Crippen molar-refractivity contribution in [3.8, 4) is 0 Å². The molecule has 0 unspecified atom stereocenters. The maximum atomic E-state index is 15.0. The number of halogens is 1. The second kappa shape index (κ2) is 7.15. The van der Waals surface area contributed by atoms with Crippen molar-refractivity contribution in [3.63, 3.8) is 0 Å². The normalized spacial score (nSPS) is 21.9. The summed E-state index contributed by atoms with van der Waals surface area (Å²) in [6.07, 6.45) is 4.85. The molecule has 0 bridgehead atoms. The highest BCUT2D eigenvalue weighted by Crippen LogP contribution is 2.41. The summed E-state index contributed by atoms with van der Waals surface area (Å²) in [7, 11) is 3.33. The number of carbonyl (C=O) groups excluding carboxylic acids is 1. The van der Waals surface area contributed by atoms with Crippen LogP contribution in [0.4, 0.5) is 10.1 Å². The van der Waals surface area contributed by atoms with Crippen LogP contribution in [0.15, 0.2) is 28.1 Å². The molecule has 1 amide bonds. The Bertz CT molecular complexity index is 886. The van der Waals surface area contributed by atoms with Crippen molar-refractivity contribution in [2.45, 2.75) is 39.7 Å². The van der Waals surface area contributed by atoms with Gasteiger partial charge in [0.15, 0.2) is 5.17 Å². The Morgan fingerprint density at radius 2 is 2.04 bits per heavy atom. The molecule has 3 rings (SSSR count). The van der Waals surface area contributed by atoms with Crippen LogP contribution in [0.2, 0.25) is 0 Å². The minimum atomic E-state index is -0.314. The van der Waals surface area contributed by atoms with Gasteiger partial charge in [-0.15, -0.1) is 0 Å². The van der Waals surface area contributed by atoms with Crippen LogP contribution in [-0.2, 0) is 4.79 Å². The van der Waals surface area contributed by atoms with Crippen LogP contribution in [0.1, 0.15) is 45.2 Å². The third-order valence-electron chi connectivity index (χ3n) is 5.02. The standard InChI is InChI=1S/C21H26FN3OS/c1-7-8-25-17-11-16(22)14(9-15(17)13(2)12-21(25,3)4)10-18-19(26)24(6)20(23-5)27-18/h9-12H,7-8H2,1-6H3/b18-10+,23-20?. The van der Waals surface area contributed by atoms with Crippen LogP contribution in [0.5, 0.6) is 0 Å². The summed E-state index contributed by atoms with van der Waals surface area (Å²) < 4.78 is 15.0. The number of thioether (sulfide) groups is 1. The van der Waals surface area contributed by atoms with E-state index in [4.69, 9.17) is 0 Å². The predicted molar refractivity (Wildman–Crippen MR) is 113 cm³/mol. The van der Waals surface area contributed by atoms with E-state index in [0.29, 0.717) is 15.6 Å². The van der Waals surface area contributed by atoms with Gasteiger partial charge >= 0.3 is 0 Å². The summed E-state index contributed by atoms with van der Waals surface area (Å²) in [5, 5.41) is 0.622. The maximum Gasteiger partial charge on any atom is 0.266 e. The van der Waals surface area contributed by atoms with E-state index >= 15 is 0 Å². The van der Waals surface area contributed by atoms with Gasteiger partial charge in [0.1, 0.15) is 5.82 Å². The average molecular weight is 388 g/mol. The Morgan fingerprint density at radius 3 is 2.63 bits per heavy atom. The summed E-state index contributed by atoms with van der Waals surface area (Å²) in [5.74, 6) is -0.468. The lowest BCUT2D eigenvalue weighted by atomic mass is 9.87. The number of rotatable bonds is 3. The summed E-state index contributed by atoms with van der Waals surface area (Å²) in [4.78, 5) is 20.7. The Balaban J connectivity index is 2.09. The first-order chi connectivity index (χ1) is 12.7. The zero-order chi connectivity index (χ0) is 19.9. The van der Waals surface area contributed by atoms with Crippen molar-refractivity contribution in [2.75, 3.05) is 25.5 Å². The minimum absolute atomic E-state index is 0.154. The first-order valence-electron chi connectivity index (χ1n) is 9.15. The van der Waals surface area contributed by atoms with E-state index in [0.717, 1.165) is 29.8 Å². The number of nitrogens with zero attached hydrogens (tertiary/aromatic N) is 3. The molecule has 144 valence electrons. The van der Waals surface area contributed by atoms with Gasteiger partial charge in [0.05, 0.1) is 10.4 Å². The quantitative estimate of drug-likeness (QED) is 0.701. The molecule has 1 saturated heterocycles. The van der Waals surface area contributed by atoms with Crippen LogP contribution in [0.3, 0.4) is 0 Å². The minimum Gasteiger partial charge on any atom is -0.362 e. The molecule has 4 nitrogen and oxygen atoms in total. The monoisotopic (exact) mass is 387 g/mol. The lowest BCUT2D eigenvalue weighted by Crippen LogP contribution is -2.45. The Hall–Kier alpha value is -2.08. The lowest BCUT2D eigenvalue weighted by molar-refractivity contribution is -0.121. The molecular weight excluding hydrogens is 361 g/mol. The third kappa shape index (κ3) is 3.43. The van der Waals surface area contributed by atoms with Crippen molar-refractivity contribution >= 4 is 40.2 Å². The summed E-state index contributed by atoms with van der Waals surface area (Å²) in [5.41, 5.74) is 3.33. The predicted octanol–water partition coefficient (Wildman–Crippen LogP) is 4.77. The molecule has 0 atom stereocenters. The summed E-state index contributed by atoms with van der Waals surface area (Å²) in [6.45, 7) is 9.35. The Labute approximate surface area is 164 Å². The number of fused-ring (bicyclic) bond motifs is 1. The summed E-state index contributed by atoms with van der Waals surface area (Å²) >= 11 is 1.27. The molecule has 0 saturated carbocycles. The molecule has 2 heterocycles. The average Bonchev–Trinajstić information content (AvgIpc) is 2.87. The number of anilines is 1. The van der Waals surface area contributed by atoms with Gasteiger partial charge in [0, 0.05) is 37.5 Å². The largest absolute Gasteiger partial charge is 0.362 e. The second-order valence-electron chi connectivity index (χ2n) is 7.50. The van der Waals surface area contributed by atoms with E-state index in [1.807, 2.05) is 6.07 Å². The zero-order valence-corrected chi connectivity index (χ0v) is 17.6. The fourth-order valence-corrected chi connectivity index (χ4v) is 4.67. The van der Waals surface area contributed by atoms with Crippen LogP contribution < -0.4 is 4.90 Å². The first-order valence-corrected chi connectivity index (χ1v) is 9.96. The number of carbonyl (C=O) groups is 1. The number of benzene rings is 1. The number of allylic oxidation sites excluding steroid dienone is 1. The smallest absolute Gasteiger partial charge is 0.266 e. The third-order valence-corrected chi connectivity index (χ3v) is 6.18. The molecule has 6 heteroatoms. The highest BCUT2D eigenvalue weighted by Gasteiger charge is 2.33. The Morgan fingerprint density at radius 1 is 1.33 bits per heavy atom. The van der Waals surface area contributed by atoms with E-state index in [-0.39, 0.29) is 17.3 Å². The number of amides is 1. The lowest BCUT2D eigenvalue weighted by Gasteiger charge is -2.43. The van der Waals surface area contributed by atoms with Crippen LogP contribution in [-0.4, -0.2) is 42.2 Å². The fraction of sp³-hybridized carbons (Fsp3) is 0.429. The number of hydrogen-bond acceptors (Lipinski definition) is 4. The highest BCUT2D eigenvalue weighted by molar-refractivity contribution is 8.18. The highest BCUT2D eigenvalue weighted by atomic mass is 32.2. The first kappa shape index (κ1) is 19.7. The molecule has 27 heavy (non-hydrogen) atoms. The van der Waals surface area contributed by atoms with E-state index in [2.05, 4.69) is 43.7 Å². The number of hydrogen-bond donors (Lipinski definition) is 0. The van der Waals surface area contributed by atoms with Gasteiger partial charge < -0.3 is 4.90 Å². The molecule has 2 aliphatic heterocycles. The molecular formula is C21H26FN3OS. The molecule has 0 spiro atoms. The number of likely N-dealkylation sites (N-methyl/N-ethyl adjacent to an activating group) is 1. The molecule has 0 N–H and O–H groups in total. The van der Waals surface area contributed by atoms with Crippen molar-refractivity contribution in [2.24, 2.45) is 4.99 Å². The molecule has 0 aliphatic carbocycles. The molecule has 1 aromatic rings.